The van der Waals surface area contributed by atoms with E-state index < -0.39 is 10.0 Å². The average molecular weight is 368 g/mol. The fourth-order valence-electron chi connectivity index (χ4n) is 3.08. The van der Waals surface area contributed by atoms with Crippen LogP contribution in [0.1, 0.15) is 19.8 Å². The molecule has 2 aliphatic heterocycles. The molecule has 0 aliphatic carbocycles. The van der Waals surface area contributed by atoms with Crippen LogP contribution in [0.2, 0.25) is 0 Å². The van der Waals surface area contributed by atoms with Crippen LogP contribution >= 0.6 is 0 Å². The Labute approximate surface area is 148 Å². The number of benzene rings is 1. The lowest BCUT2D eigenvalue weighted by molar-refractivity contribution is -0.118. The molecule has 0 radical (unpaired) electrons. The van der Waals surface area contributed by atoms with Crippen molar-refractivity contribution in [2.45, 2.75) is 30.8 Å². The molecule has 138 valence electrons. The van der Waals surface area contributed by atoms with Crippen molar-refractivity contribution in [3.63, 3.8) is 0 Å². The van der Waals surface area contributed by atoms with E-state index in [2.05, 4.69) is 12.2 Å². The van der Waals surface area contributed by atoms with Crippen molar-refractivity contribution < 1.29 is 22.7 Å². The summed E-state index contributed by atoms with van der Waals surface area (Å²) in [6.45, 7) is 4.24. The number of morpholine rings is 1. The minimum Gasteiger partial charge on any atom is -0.379 e. The first-order valence-electron chi connectivity index (χ1n) is 8.56. The summed E-state index contributed by atoms with van der Waals surface area (Å²) < 4.78 is 37.5. The summed E-state index contributed by atoms with van der Waals surface area (Å²) in [5.74, 6) is 0.193. The number of hydrogen-bond acceptors (Lipinski definition) is 5. The summed E-state index contributed by atoms with van der Waals surface area (Å²) in [5, 5.41) is 2.78. The van der Waals surface area contributed by atoms with Gasteiger partial charge in [0.05, 0.1) is 30.6 Å². The molecule has 1 aromatic carbocycles. The first kappa shape index (κ1) is 18.3. The van der Waals surface area contributed by atoms with Crippen LogP contribution in [0.3, 0.4) is 0 Å². The monoisotopic (exact) mass is 368 g/mol. The number of ether oxygens (including phenoxy) is 2. The van der Waals surface area contributed by atoms with E-state index in [4.69, 9.17) is 9.47 Å². The van der Waals surface area contributed by atoms with Crippen LogP contribution < -0.4 is 5.32 Å². The van der Waals surface area contributed by atoms with Crippen molar-refractivity contribution in [1.29, 1.82) is 0 Å². The van der Waals surface area contributed by atoms with E-state index in [-0.39, 0.29) is 23.3 Å². The number of hydrogen-bond donors (Lipinski definition) is 1. The number of carbonyl (C=O) groups is 1. The SMILES string of the molecule is CC1CCOC1CC(=O)Nc1cccc(S(=O)(=O)N2CCOCC2)c1. The van der Waals surface area contributed by atoms with Crippen LogP contribution in [0.5, 0.6) is 0 Å². The smallest absolute Gasteiger partial charge is 0.243 e. The number of anilines is 1. The van der Waals surface area contributed by atoms with Crippen LogP contribution in [0.15, 0.2) is 29.2 Å². The zero-order valence-electron chi connectivity index (χ0n) is 14.3. The number of sulfonamides is 1. The molecule has 2 fully saturated rings. The van der Waals surface area contributed by atoms with E-state index in [1.54, 1.807) is 18.2 Å². The van der Waals surface area contributed by atoms with Crippen LogP contribution in [0, 0.1) is 5.92 Å². The standard InChI is InChI=1S/C17H24N2O5S/c1-13-5-8-24-16(13)12-17(20)18-14-3-2-4-15(11-14)25(21,22)19-6-9-23-10-7-19/h2-4,11,13,16H,5-10,12H2,1H3,(H,18,20). The third-order valence-electron chi connectivity index (χ3n) is 4.65. The Balaban J connectivity index is 1.67. The van der Waals surface area contributed by atoms with Gasteiger partial charge in [0.25, 0.3) is 0 Å². The van der Waals surface area contributed by atoms with E-state index in [9.17, 15) is 13.2 Å². The van der Waals surface area contributed by atoms with Crippen molar-refractivity contribution >= 4 is 21.6 Å². The van der Waals surface area contributed by atoms with Gasteiger partial charge in [-0.25, -0.2) is 8.42 Å². The maximum atomic E-state index is 12.7. The van der Waals surface area contributed by atoms with Crippen LogP contribution in [-0.2, 0) is 24.3 Å². The molecule has 1 N–H and O–H groups in total. The Hall–Kier alpha value is -1.48. The average Bonchev–Trinajstić information content (AvgIpc) is 3.00. The van der Waals surface area contributed by atoms with Gasteiger partial charge in [-0.3, -0.25) is 4.79 Å². The molecule has 2 atom stereocenters. The van der Waals surface area contributed by atoms with Crippen LogP contribution in [0.25, 0.3) is 0 Å². The lowest BCUT2D eigenvalue weighted by Gasteiger charge is -2.26. The normalized spacial score (nSPS) is 25.0. The molecule has 3 rings (SSSR count). The Morgan fingerprint density at radius 2 is 2.04 bits per heavy atom. The third-order valence-corrected chi connectivity index (χ3v) is 6.55. The second-order valence-corrected chi connectivity index (χ2v) is 8.41. The molecule has 2 aliphatic rings. The van der Waals surface area contributed by atoms with E-state index in [0.717, 1.165) is 6.42 Å². The van der Waals surface area contributed by atoms with Gasteiger partial charge in [-0.05, 0) is 30.5 Å². The number of carbonyl (C=O) groups excluding carboxylic acids is 1. The summed E-state index contributed by atoms with van der Waals surface area (Å²) in [7, 11) is -3.57. The molecule has 1 aromatic rings. The van der Waals surface area contributed by atoms with Gasteiger partial charge in [0, 0.05) is 25.4 Å². The van der Waals surface area contributed by atoms with Gasteiger partial charge in [-0.2, -0.15) is 4.31 Å². The molecule has 2 unspecified atom stereocenters. The van der Waals surface area contributed by atoms with Crippen molar-refractivity contribution in [3.8, 4) is 0 Å². The first-order valence-corrected chi connectivity index (χ1v) is 10.0. The highest BCUT2D eigenvalue weighted by Gasteiger charge is 2.28. The summed E-state index contributed by atoms with van der Waals surface area (Å²) in [5.41, 5.74) is 0.477. The van der Waals surface area contributed by atoms with Gasteiger partial charge in [0.1, 0.15) is 0 Å². The Morgan fingerprint density at radius 1 is 1.28 bits per heavy atom. The van der Waals surface area contributed by atoms with E-state index in [1.165, 1.54) is 10.4 Å². The maximum Gasteiger partial charge on any atom is 0.243 e. The van der Waals surface area contributed by atoms with Crippen molar-refractivity contribution in [3.05, 3.63) is 24.3 Å². The summed E-state index contributed by atoms with van der Waals surface area (Å²) in [4.78, 5) is 12.4. The highest BCUT2D eigenvalue weighted by Crippen LogP contribution is 2.24. The molecule has 2 saturated heterocycles. The number of rotatable bonds is 5. The molecule has 7 nitrogen and oxygen atoms in total. The lowest BCUT2D eigenvalue weighted by atomic mass is 10.0. The highest BCUT2D eigenvalue weighted by molar-refractivity contribution is 7.89. The molecule has 8 heteroatoms. The third kappa shape index (κ3) is 4.38. The van der Waals surface area contributed by atoms with Crippen molar-refractivity contribution in [2.75, 3.05) is 38.2 Å². The molecule has 2 heterocycles. The second-order valence-electron chi connectivity index (χ2n) is 6.47. The van der Waals surface area contributed by atoms with Gasteiger partial charge < -0.3 is 14.8 Å². The fourth-order valence-corrected chi connectivity index (χ4v) is 4.54. The maximum absolute atomic E-state index is 12.7. The second kappa shape index (κ2) is 7.82. The topological polar surface area (TPSA) is 84.9 Å². The summed E-state index contributed by atoms with van der Waals surface area (Å²) >= 11 is 0. The molecule has 0 saturated carbocycles. The summed E-state index contributed by atoms with van der Waals surface area (Å²) in [6.07, 6.45) is 1.17. The number of nitrogens with one attached hydrogen (secondary N) is 1. The first-order chi connectivity index (χ1) is 12.0. The zero-order chi connectivity index (χ0) is 17.9. The zero-order valence-corrected chi connectivity index (χ0v) is 15.1. The van der Waals surface area contributed by atoms with Crippen molar-refractivity contribution in [2.24, 2.45) is 5.92 Å². The molecule has 0 spiro atoms. The van der Waals surface area contributed by atoms with Gasteiger partial charge in [-0.15, -0.1) is 0 Å². The van der Waals surface area contributed by atoms with E-state index in [0.29, 0.717) is 44.5 Å². The molecule has 0 aromatic heterocycles. The molecule has 0 bridgehead atoms. The molecule has 25 heavy (non-hydrogen) atoms. The lowest BCUT2D eigenvalue weighted by Crippen LogP contribution is -2.40. The molecular weight excluding hydrogens is 344 g/mol. The summed E-state index contributed by atoms with van der Waals surface area (Å²) in [6, 6.07) is 6.37. The van der Waals surface area contributed by atoms with Crippen molar-refractivity contribution in [1.82, 2.24) is 4.31 Å². The van der Waals surface area contributed by atoms with Gasteiger partial charge >= 0.3 is 0 Å². The predicted molar refractivity (Wildman–Crippen MR) is 92.8 cm³/mol. The Bertz CT molecular complexity index is 716. The molecular formula is C17H24N2O5S. The van der Waals surface area contributed by atoms with E-state index >= 15 is 0 Å². The van der Waals surface area contributed by atoms with Crippen LogP contribution in [0.4, 0.5) is 5.69 Å². The molecule has 1 amide bonds. The Kier molecular flexibility index (Phi) is 5.73. The fraction of sp³-hybridized carbons (Fsp3) is 0.588. The number of amides is 1. The van der Waals surface area contributed by atoms with Crippen LogP contribution in [-0.4, -0.2) is 57.6 Å². The van der Waals surface area contributed by atoms with Gasteiger partial charge in [0.2, 0.25) is 15.9 Å². The minimum absolute atomic E-state index is 0.0692. The Morgan fingerprint density at radius 3 is 2.72 bits per heavy atom. The minimum atomic E-state index is -3.57. The van der Waals surface area contributed by atoms with Gasteiger partial charge in [-0.1, -0.05) is 13.0 Å². The largest absolute Gasteiger partial charge is 0.379 e. The van der Waals surface area contributed by atoms with Gasteiger partial charge in [0.15, 0.2) is 0 Å². The van der Waals surface area contributed by atoms with E-state index in [1.807, 2.05) is 0 Å². The number of nitrogens with zero attached hydrogens (tertiary/aromatic N) is 1. The predicted octanol–water partition coefficient (Wildman–Crippen LogP) is 1.46. The quantitative estimate of drug-likeness (QED) is 0.851. The highest BCUT2D eigenvalue weighted by atomic mass is 32.2.